The molecule has 0 aromatic carbocycles. The van der Waals surface area contributed by atoms with Gasteiger partial charge in [-0.15, -0.1) is 5.92 Å². The van der Waals surface area contributed by atoms with E-state index in [0.717, 1.165) is 61.3 Å². The molecule has 0 fully saturated rings. The summed E-state index contributed by atoms with van der Waals surface area (Å²) in [6, 6.07) is 0.255. The number of nitrogens with zero attached hydrogens (tertiary/aromatic N) is 1. The lowest BCUT2D eigenvalue weighted by Crippen LogP contribution is -2.19. The number of hydrogen-bond acceptors (Lipinski definition) is 3. The van der Waals surface area contributed by atoms with Crippen LogP contribution < -0.4 is 11.1 Å². The molecule has 0 aromatic rings. The highest BCUT2D eigenvalue weighted by atomic mass is 19.1. The van der Waals surface area contributed by atoms with Gasteiger partial charge in [0.25, 0.3) is 0 Å². The van der Waals surface area contributed by atoms with Gasteiger partial charge in [-0.1, -0.05) is 60.1 Å². The van der Waals surface area contributed by atoms with E-state index in [0.29, 0.717) is 0 Å². The van der Waals surface area contributed by atoms with Crippen molar-refractivity contribution in [2.75, 3.05) is 13.1 Å². The fourth-order valence-corrected chi connectivity index (χ4v) is 1.96. The molecule has 0 aromatic heterocycles. The van der Waals surface area contributed by atoms with Gasteiger partial charge in [-0.05, 0) is 52.2 Å². The van der Waals surface area contributed by atoms with Crippen molar-refractivity contribution in [1.82, 2.24) is 5.32 Å². The average molecular weight is 422 g/mol. The molecule has 0 aliphatic rings. The lowest BCUT2D eigenvalue weighted by molar-refractivity contribution is 0.603. The molecule has 0 heterocycles. The zero-order valence-corrected chi connectivity index (χ0v) is 21.1. The smallest absolute Gasteiger partial charge is 0.111 e. The number of hydrogen-bond donors (Lipinski definition) is 2. The van der Waals surface area contributed by atoms with Crippen molar-refractivity contribution in [3.05, 3.63) is 35.8 Å². The van der Waals surface area contributed by atoms with Crippen LogP contribution in [-0.2, 0) is 0 Å². The first-order chi connectivity index (χ1) is 14.2. The molecular weight excluding hydrogens is 373 g/mol. The topological polar surface area (TPSA) is 50.4 Å². The minimum atomic E-state index is -0.0932. The van der Waals surface area contributed by atoms with Crippen LogP contribution >= 0.6 is 0 Å². The summed E-state index contributed by atoms with van der Waals surface area (Å²) in [6.07, 6.45) is 4.69. The zero-order chi connectivity index (χ0) is 23.9. The monoisotopic (exact) mass is 421 g/mol. The predicted molar refractivity (Wildman–Crippen MR) is 136 cm³/mol. The Labute approximate surface area is 187 Å². The van der Waals surface area contributed by atoms with E-state index in [1.807, 2.05) is 20.8 Å². The van der Waals surface area contributed by atoms with E-state index in [1.165, 1.54) is 6.42 Å². The first-order valence-corrected chi connectivity index (χ1v) is 11.3. The van der Waals surface area contributed by atoms with E-state index < -0.39 is 0 Å². The lowest BCUT2D eigenvalue weighted by Gasteiger charge is -2.14. The Morgan fingerprint density at radius 3 is 2.03 bits per heavy atom. The molecule has 0 unspecified atom stereocenters. The minimum absolute atomic E-state index is 0.0932. The fourth-order valence-electron chi connectivity index (χ4n) is 1.96. The van der Waals surface area contributed by atoms with Crippen LogP contribution in [0.2, 0.25) is 0 Å². The first kappa shape index (κ1) is 32.8. The van der Waals surface area contributed by atoms with E-state index in [-0.39, 0.29) is 18.3 Å². The Kier molecular flexibility index (Phi) is 25.6. The normalized spacial score (nSPS) is 11.1. The third-order valence-corrected chi connectivity index (χ3v) is 3.64. The van der Waals surface area contributed by atoms with Gasteiger partial charge in [0, 0.05) is 36.0 Å². The van der Waals surface area contributed by atoms with Crippen molar-refractivity contribution in [1.29, 1.82) is 0 Å². The second kappa shape index (κ2) is 23.4. The maximum Gasteiger partial charge on any atom is 0.111 e. The summed E-state index contributed by atoms with van der Waals surface area (Å²) in [6.45, 7) is 25.7. The van der Waals surface area contributed by atoms with Crippen LogP contribution in [0.4, 0.5) is 4.39 Å². The maximum absolute atomic E-state index is 13.5. The summed E-state index contributed by atoms with van der Waals surface area (Å²) in [5, 5.41) is 3.27. The van der Waals surface area contributed by atoms with Gasteiger partial charge in [0.05, 0.1) is 6.42 Å². The number of allylic oxidation sites excluding steroid dienone is 3. The quantitative estimate of drug-likeness (QED) is 0.171. The van der Waals surface area contributed by atoms with E-state index in [9.17, 15) is 4.39 Å². The number of halogens is 1. The second-order valence-corrected chi connectivity index (χ2v) is 7.19. The summed E-state index contributed by atoms with van der Waals surface area (Å²) in [5.74, 6) is 5.82. The highest BCUT2D eigenvalue weighted by Gasteiger charge is 2.07. The van der Waals surface area contributed by atoms with Crippen molar-refractivity contribution in [2.45, 2.75) is 100.0 Å². The van der Waals surface area contributed by atoms with E-state index in [2.05, 4.69) is 69.9 Å². The van der Waals surface area contributed by atoms with Crippen LogP contribution in [0.5, 0.6) is 0 Å². The number of aliphatic imine (C=N–C) groups is 1. The molecule has 174 valence electrons. The van der Waals surface area contributed by atoms with E-state index in [1.54, 1.807) is 0 Å². The van der Waals surface area contributed by atoms with Crippen LogP contribution in [0.3, 0.4) is 0 Å². The molecule has 0 atom stereocenters. The zero-order valence-electron chi connectivity index (χ0n) is 21.1. The van der Waals surface area contributed by atoms with Gasteiger partial charge in [-0.3, -0.25) is 4.99 Å². The number of unbranched alkanes of at least 4 members (excludes halogenated alkanes) is 1. The SMILES string of the molecule is C=C(NCCCC#CC/C(F)=C(/C)CC)C(=C)C(CC)=NC(C)C.CCC.CCN. The molecule has 0 aliphatic heterocycles. The maximum atomic E-state index is 13.5. The van der Waals surface area contributed by atoms with Crippen molar-refractivity contribution in [3.8, 4) is 11.8 Å². The molecule has 0 aliphatic carbocycles. The van der Waals surface area contributed by atoms with Crippen LogP contribution in [-0.4, -0.2) is 24.8 Å². The Bertz CT molecular complexity index is 573. The Hall–Kier alpha value is -1.86. The molecule has 3 N–H and O–H groups in total. The van der Waals surface area contributed by atoms with Gasteiger partial charge in [-0.25, -0.2) is 4.39 Å². The van der Waals surface area contributed by atoms with Gasteiger partial charge < -0.3 is 11.1 Å². The molecule has 0 spiro atoms. The van der Waals surface area contributed by atoms with Gasteiger partial charge in [0.1, 0.15) is 5.83 Å². The van der Waals surface area contributed by atoms with Crippen molar-refractivity contribution < 1.29 is 4.39 Å². The molecule has 0 rings (SSSR count). The Morgan fingerprint density at radius 1 is 1.07 bits per heavy atom. The highest BCUT2D eigenvalue weighted by molar-refractivity contribution is 6.02. The average Bonchev–Trinajstić information content (AvgIpc) is 2.70. The highest BCUT2D eigenvalue weighted by Crippen LogP contribution is 2.12. The Balaban J connectivity index is -0.00000107. The van der Waals surface area contributed by atoms with Crippen LogP contribution in [0.1, 0.15) is 93.9 Å². The largest absolute Gasteiger partial charge is 0.385 e. The predicted octanol–water partition coefficient (Wildman–Crippen LogP) is 7.11. The third-order valence-electron chi connectivity index (χ3n) is 3.64. The second-order valence-electron chi connectivity index (χ2n) is 7.19. The van der Waals surface area contributed by atoms with E-state index >= 15 is 0 Å². The van der Waals surface area contributed by atoms with Gasteiger partial charge in [0.15, 0.2) is 0 Å². The molecule has 0 radical (unpaired) electrons. The summed E-state index contributed by atoms with van der Waals surface area (Å²) in [7, 11) is 0. The number of nitrogens with two attached hydrogens (primary N) is 1. The van der Waals surface area contributed by atoms with Gasteiger partial charge in [-0.2, -0.15) is 0 Å². The molecule has 4 heteroatoms. The number of nitrogens with one attached hydrogen (secondary N) is 1. The molecule has 3 nitrogen and oxygen atoms in total. The molecule has 30 heavy (non-hydrogen) atoms. The lowest BCUT2D eigenvalue weighted by atomic mass is 10.1. The van der Waals surface area contributed by atoms with Crippen molar-refractivity contribution >= 4 is 5.71 Å². The van der Waals surface area contributed by atoms with E-state index in [4.69, 9.17) is 5.73 Å². The van der Waals surface area contributed by atoms with Crippen LogP contribution in [0.15, 0.2) is 40.8 Å². The molecule has 0 amide bonds. The summed E-state index contributed by atoms with van der Waals surface area (Å²) < 4.78 is 13.5. The summed E-state index contributed by atoms with van der Waals surface area (Å²) >= 11 is 0. The standard InChI is InChI=1S/C21H33FN2.C3H8.C2H7N/c1-8-17(5)20(22)14-12-10-11-13-15-23-19(7)18(6)21(9-2)24-16(3)4;1-3-2;1-2-3/h16,23H,6-9,11,13-15H2,1-5H3;3H2,1-2H3;2-3H2,1H3/b20-17+,24-21?;;. The van der Waals surface area contributed by atoms with Crippen LogP contribution in [0.25, 0.3) is 0 Å². The van der Waals surface area contributed by atoms with Crippen molar-refractivity contribution in [2.24, 2.45) is 10.7 Å². The third kappa shape index (κ3) is 20.9. The molecule has 0 saturated heterocycles. The van der Waals surface area contributed by atoms with Gasteiger partial charge in [0.2, 0.25) is 0 Å². The van der Waals surface area contributed by atoms with Gasteiger partial charge >= 0.3 is 0 Å². The fraction of sp³-hybridized carbons (Fsp3) is 0.654. The number of rotatable bonds is 10. The molecular formula is C26H48FN3. The minimum Gasteiger partial charge on any atom is -0.385 e. The van der Waals surface area contributed by atoms with Crippen molar-refractivity contribution in [3.63, 3.8) is 0 Å². The van der Waals surface area contributed by atoms with Crippen LogP contribution in [0, 0.1) is 11.8 Å². The summed E-state index contributed by atoms with van der Waals surface area (Å²) in [4.78, 5) is 4.58. The Morgan fingerprint density at radius 2 is 1.60 bits per heavy atom. The summed E-state index contributed by atoms with van der Waals surface area (Å²) in [5.41, 5.74) is 8.32. The molecule has 0 bridgehead atoms. The molecule has 0 saturated carbocycles. The first-order valence-electron chi connectivity index (χ1n) is 11.3.